The molecule has 0 aliphatic heterocycles. The highest BCUT2D eigenvalue weighted by atomic mass is 16.5. The van der Waals surface area contributed by atoms with Crippen molar-refractivity contribution in [3.63, 3.8) is 0 Å². The first-order valence-corrected chi connectivity index (χ1v) is 7.47. The van der Waals surface area contributed by atoms with Crippen molar-refractivity contribution in [1.82, 2.24) is 0 Å². The van der Waals surface area contributed by atoms with E-state index in [-0.39, 0.29) is 11.6 Å². The highest BCUT2D eigenvalue weighted by Crippen LogP contribution is 2.39. The normalized spacial score (nSPS) is 37.2. The van der Waals surface area contributed by atoms with E-state index in [9.17, 15) is 0 Å². The van der Waals surface area contributed by atoms with Crippen LogP contribution < -0.4 is 5.73 Å². The summed E-state index contributed by atoms with van der Waals surface area (Å²) in [5, 5.41) is 0. The first-order chi connectivity index (χ1) is 8.16. The number of rotatable bonds is 4. The predicted molar refractivity (Wildman–Crippen MR) is 71.9 cm³/mol. The molecule has 0 saturated heterocycles. The summed E-state index contributed by atoms with van der Waals surface area (Å²) in [4.78, 5) is 0. The Bertz CT molecular complexity index is 227. The molecule has 1 unspecified atom stereocenters. The van der Waals surface area contributed by atoms with Gasteiger partial charge in [0.05, 0.1) is 5.60 Å². The minimum atomic E-state index is -0.00486. The molecule has 2 heteroatoms. The molecule has 2 rings (SSSR count). The summed E-state index contributed by atoms with van der Waals surface area (Å²) >= 11 is 0. The van der Waals surface area contributed by atoms with E-state index in [0.717, 1.165) is 11.8 Å². The Labute approximate surface area is 106 Å². The van der Waals surface area contributed by atoms with Crippen molar-refractivity contribution in [2.75, 3.05) is 7.11 Å². The summed E-state index contributed by atoms with van der Waals surface area (Å²) in [6, 6.07) is 0.253. The molecule has 0 spiro atoms. The Hall–Kier alpha value is -0.0800. The number of methoxy groups -OCH3 is 1. The van der Waals surface area contributed by atoms with Crippen molar-refractivity contribution in [1.29, 1.82) is 0 Å². The van der Waals surface area contributed by atoms with Crippen LogP contribution in [0.25, 0.3) is 0 Å². The van der Waals surface area contributed by atoms with Gasteiger partial charge in [0.25, 0.3) is 0 Å². The van der Waals surface area contributed by atoms with Gasteiger partial charge in [0, 0.05) is 13.2 Å². The predicted octanol–water partition coefficient (Wildman–Crippen LogP) is 3.49. The van der Waals surface area contributed by atoms with Gasteiger partial charge in [0.15, 0.2) is 0 Å². The second-order valence-electron chi connectivity index (χ2n) is 6.44. The monoisotopic (exact) mass is 239 g/mol. The van der Waals surface area contributed by atoms with Gasteiger partial charge in [-0.1, -0.05) is 32.6 Å². The zero-order valence-electron chi connectivity index (χ0n) is 11.6. The molecule has 2 saturated carbocycles. The molecular weight excluding hydrogens is 210 g/mol. The number of nitrogens with two attached hydrogens (primary N) is 1. The second-order valence-corrected chi connectivity index (χ2v) is 6.44. The van der Waals surface area contributed by atoms with Crippen LogP contribution in [0, 0.1) is 11.8 Å². The standard InChI is InChI=1S/C15H29NO/c1-12-7-9-15(17-2,10-8-12)14(16)11-13-5-3-4-6-13/h12-14H,3-11,16H2,1-2H3. The van der Waals surface area contributed by atoms with E-state index in [2.05, 4.69) is 6.92 Å². The summed E-state index contributed by atoms with van der Waals surface area (Å²) in [5.74, 6) is 1.73. The van der Waals surface area contributed by atoms with E-state index in [0.29, 0.717) is 0 Å². The van der Waals surface area contributed by atoms with Gasteiger partial charge in [-0.15, -0.1) is 0 Å². The molecule has 17 heavy (non-hydrogen) atoms. The van der Waals surface area contributed by atoms with Crippen LogP contribution in [0.2, 0.25) is 0 Å². The average Bonchev–Trinajstić information content (AvgIpc) is 2.83. The Kier molecular flexibility index (Phi) is 4.48. The summed E-state index contributed by atoms with van der Waals surface area (Å²) < 4.78 is 5.87. The fourth-order valence-corrected chi connectivity index (χ4v) is 3.80. The Morgan fingerprint density at radius 1 is 1.18 bits per heavy atom. The first-order valence-electron chi connectivity index (χ1n) is 7.47. The third-order valence-electron chi connectivity index (χ3n) is 5.26. The SMILES string of the molecule is COC1(C(N)CC2CCCC2)CCC(C)CC1. The lowest BCUT2D eigenvalue weighted by molar-refractivity contribution is -0.0704. The van der Waals surface area contributed by atoms with Gasteiger partial charge in [0.1, 0.15) is 0 Å². The fraction of sp³-hybridized carbons (Fsp3) is 1.00. The van der Waals surface area contributed by atoms with Crippen LogP contribution in [0.5, 0.6) is 0 Å². The van der Waals surface area contributed by atoms with Crippen LogP contribution in [0.4, 0.5) is 0 Å². The molecule has 2 fully saturated rings. The van der Waals surface area contributed by atoms with Gasteiger partial charge < -0.3 is 10.5 Å². The minimum Gasteiger partial charge on any atom is -0.377 e. The van der Waals surface area contributed by atoms with Gasteiger partial charge in [0.2, 0.25) is 0 Å². The maximum absolute atomic E-state index is 6.49. The third kappa shape index (κ3) is 3.03. The quantitative estimate of drug-likeness (QED) is 0.815. The van der Waals surface area contributed by atoms with Crippen LogP contribution in [-0.2, 0) is 4.74 Å². The Morgan fingerprint density at radius 3 is 2.29 bits per heavy atom. The van der Waals surface area contributed by atoms with Gasteiger partial charge >= 0.3 is 0 Å². The lowest BCUT2D eigenvalue weighted by atomic mass is 9.73. The van der Waals surface area contributed by atoms with Crippen molar-refractivity contribution in [2.24, 2.45) is 17.6 Å². The van der Waals surface area contributed by atoms with E-state index < -0.39 is 0 Å². The molecule has 0 heterocycles. The molecule has 0 aromatic rings. The summed E-state index contributed by atoms with van der Waals surface area (Å²) in [5.41, 5.74) is 6.49. The maximum atomic E-state index is 6.49. The molecule has 2 aliphatic carbocycles. The van der Waals surface area contributed by atoms with Crippen molar-refractivity contribution in [3.8, 4) is 0 Å². The number of hydrogen-bond donors (Lipinski definition) is 1. The lowest BCUT2D eigenvalue weighted by Gasteiger charge is -2.43. The van der Waals surface area contributed by atoms with Gasteiger partial charge in [-0.3, -0.25) is 0 Å². The van der Waals surface area contributed by atoms with Gasteiger partial charge in [-0.2, -0.15) is 0 Å². The highest BCUT2D eigenvalue weighted by molar-refractivity contribution is 4.96. The largest absolute Gasteiger partial charge is 0.377 e. The Morgan fingerprint density at radius 2 is 1.76 bits per heavy atom. The average molecular weight is 239 g/mol. The molecule has 0 aromatic heterocycles. The van der Waals surface area contributed by atoms with Crippen LogP contribution in [-0.4, -0.2) is 18.8 Å². The Balaban J connectivity index is 1.91. The fourth-order valence-electron chi connectivity index (χ4n) is 3.80. The van der Waals surface area contributed by atoms with Gasteiger partial charge in [-0.05, 0) is 43.9 Å². The summed E-state index contributed by atoms with van der Waals surface area (Å²) in [7, 11) is 1.87. The van der Waals surface area contributed by atoms with E-state index in [1.807, 2.05) is 7.11 Å². The maximum Gasteiger partial charge on any atom is 0.0829 e. The lowest BCUT2D eigenvalue weighted by Crippen LogP contribution is -2.52. The number of ether oxygens (including phenoxy) is 1. The number of hydrogen-bond acceptors (Lipinski definition) is 2. The molecule has 2 aliphatic rings. The van der Waals surface area contributed by atoms with Crippen LogP contribution >= 0.6 is 0 Å². The minimum absolute atomic E-state index is 0.00486. The van der Waals surface area contributed by atoms with Crippen molar-refractivity contribution < 1.29 is 4.74 Å². The van der Waals surface area contributed by atoms with E-state index in [1.54, 1.807) is 0 Å². The van der Waals surface area contributed by atoms with E-state index in [1.165, 1.54) is 57.8 Å². The van der Waals surface area contributed by atoms with Crippen LogP contribution in [0.15, 0.2) is 0 Å². The highest BCUT2D eigenvalue weighted by Gasteiger charge is 2.40. The van der Waals surface area contributed by atoms with Crippen molar-refractivity contribution in [3.05, 3.63) is 0 Å². The first kappa shape index (κ1) is 13.4. The molecule has 1 atom stereocenters. The van der Waals surface area contributed by atoms with E-state index in [4.69, 9.17) is 10.5 Å². The molecule has 0 bridgehead atoms. The van der Waals surface area contributed by atoms with Crippen molar-refractivity contribution >= 4 is 0 Å². The molecular formula is C15H29NO. The molecule has 2 nitrogen and oxygen atoms in total. The smallest absolute Gasteiger partial charge is 0.0829 e. The summed E-state index contributed by atoms with van der Waals surface area (Å²) in [6.45, 7) is 2.35. The van der Waals surface area contributed by atoms with Crippen LogP contribution in [0.1, 0.15) is 64.7 Å². The molecule has 0 aromatic carbocycles. The van der Waals surface area contributed by atoms with Crippen molar-refractivity contribution in [2.45, 2.75) is 76.4 Å². The molecule has 100 valence electrons. The topological polar surface area (TPSA) is 35.2 Å². The van der Waals surface area contributed by atoms with Crippen LogP contribution in [0.3, 0.4) is 0 Å². The zero-order valence-corrected chi connectivity index (χ0v) is 11.6. The second kappa shape index (κ2) is 5.71. The molecule has 2 N–H and O–H groups in total. The molecule has 0 amide bonds. The zero-order chi connectivity index (χ0) is 12.3. The third-order valence-corrected chi connectivity index (χ3v) is 5.26. The van der Waals surface area contributed by atoms with Gasteiger partial charge in [-0.25, -0.2) is 0 Å². The van der Waals surface area contributed by atoms with E-state index >= 15 is 0 Å². The summed E-state index contributed by atoms with van der Waals surface area (Å²) in [6.07, 6.45) is 11.7. The molecule has 0 radical (unpaired) electrons.